The van der Waals surface area contributed by atoms with Gasteiger partial charge in [-0.25, -0.2) is 0 Å². The largest absolute Gasteiger partial charge is 0.462 e. The van der Waals surface area contributed by atoms with Gasteiger partial charge in [0.2, 0.25) is 11.8 Å². The summed E-state index contributed by atoms with van der Waals surface area (Å²) in [7, 11) is 3.65. The summed E-state index contributed by atoms with van der Waals surface area (Å²) < 4.78 is 12.1. The summed E-state index contributed by atoms with van der Waals surface area (Å²) in [5.74, 6) is -0.107. The smallest absolute Gasteiger partial charge is 0.309 e. The minimum atomic E-state index is -1.15. The van der Waals surface area contributed by atoms with E-state index >= 15 is 0 Å². The highest BCUT2D eigenvalue weighted by Crippen LogP contribution is 2.75. The normalized spacial score (nSPS) is 37.7. The van der Waals surface area contributed by atoms with Crippen molar-refractivity contribution in [1.29, 1.82) is 0 Å². The van der Waals surface area contributed by atoms with Gasteiger partial charge in [-0.1, -0.05) is 85.7 Å². The molecule has 0 radical (unpaired) electrons. The van der Waals surface area contributed by atoms with Crippen molar-refractivity contribution in [3.05, 3.63) is 47.0 Å². The number of Topliss-reactive ketones (excluding diaryl/α,β-unsaturated/α-hetero) is 1. The lowest BCUT2D eigenvalue weighted by molar-refractivity contribution is -0.218. The van der Waals surface area contributed by atoms with Gasteiger partial charge in [0.1, 0.15) is 18.2 Å². The van der Waals surface area contributed by atoms with Crippen LogP contribution in [0.3, 0.4) is 0 Å². The molecule has 336 valence electrons. The first kappa shape index (κ1) is 45.5. The molecule has 11 atom stereocenters. The number of hydrogen-bond donors (Lipinski definition) is 2. The zero-order valence-electron chi connectivity index (χ0n) is 39.3. The van der Waals surface area contributed by atoms with E-state index in [0.29, 0.717) is 24.7 Å². The summed E-state index contributed by atoms with van der Waals surface area (Å²) in [4.78, 5) is 69.9. The molecule has 2 amide bonds. The van der Waals surface area contributed by atoms with Crippen molar-refractivity contribution in [2.75, 3.05) is 20.6 Å². The van der Waals surface area contributed by atoms with E-state index in [2.05, 4.69) is 52.2 Å². The third kappa shape index (κ3) is 7.50. The number of ether oxygens (including phenoxy) is 2. The second kappa shape index (κ2) is 15.9. The Labute approximate surface area is 365 Å². The molecule has 10 heteroatoms. The molecular formula is C51H75N3O7. The number of carbonyl (C=O) groups excluding carboxylic acids is 5. The summed E-state index contributed by atoms with van der Waals surface area (Å²) in [6.07, 6.45) is 8.18. The van der Waals surface area contributed by atoms with E-state index in [9.17, 15) is 24.0 Å². The maximum absolute atomic E-state index is 14.2. The van der Waals surface area contributed by atoms with Crippen LogP contribution in [0.2, 0.25) is 0 Å². The van der Waals surface area contributed by atoms with Gasteiger partial charge in [-0.05, 0) is 154 Å². The average Bonchev–Trinajstić information content (AvgIpc) is 3.46. The minimum Gasteiger partial charge on any atom is -0.462 e. The van der Waals surface area contributed by atoms with Gasteiger partial charge in [-0.2, -0.15) is 0 Å². The van der Waals surface area contributed by atoms with E-state index in [-0.39, 0.29) is 101 Å². The summed E-state index contributed by atoms with van der Waals surface area (Å²) in [5.41, 5.74) is 0.609. The predicted molar refractivity (Wildman–Crippen MR) is 236 cm³/mol. The maximum Gasteiger partial charge on any atom is 0.309 e. The number of ketones is 1. The maximum atomic E-state index is 14.2. The number of likely N-dealkylation sites (N-methyl/N-ethyl adjacent to an activating group) is 1. The van der Waals surface area contributed by atoms with Crippen molar-refractivity contribution in [2.24, 2.45) is 63.1 Å². The summed E-state index contributed by atoms with van der Waals surface area (Å²) >= 11 is 0. The third-order valence-corrected chi connectivity index (χ3v) is 18.1. The van der Waals surface area contributed by atoms with Crippen molar-refractivity contribution in [3.8, 4) is 0 Å². The van der Waals surface area contributed by atoms with Gasteiger partial charge < -0.3 is 25.0 Å². The Bertz CT molecular complexity index is 1950. The van der Waals surface area contributed by atoms with Gasteiger partial charge in [-0.15, -0.1) is 0 Å². The van der Waals surface area contributed by atoms with Crippen LogP contribution in [0, 0.1) is 63.1 Å². The zero-order valence-corrected chi connectivity index (χ0v) is 39.3. The molecule has 2 N–H and O–H groups in total. The SMILES string of the molecule is CC(C)C1=C2[C@H]3CCC4[C@@]5(C)CC[C@H](OC(=O)[C@H]6C[C@@H](C(=O)OCc7ccccc7)C6(C)C)[C@H](C)C5CC[C@@]4(C)[C@]3(C)CC[C@@]2(NC(=O)C(C)(C)NC(=O)CN(C)C)CC1=O. The summed E-state index contributed by atoms with van der Waals surface area (Å²) in [6.45, 7) is 22.0. The first-order chi connectivity index (χ1) is 28.4. The van der Waals surface area contributed by atoms with Crippen molar-refractivity contribution < 1.29 is 33.4 Å². The van der Waals surface area contributed by atoms with Crippen LogP contribution < -0.4 is 10.6 Å². The van der Waals surface area contributed by atoms with Crippen molar-refractivity contribution >= 4 is 29.5 Å². The summed E-state index contributed by atoms with van der Waals surface area (Å²) in [6, 6.07) is 9.68. The van der Waals surface area contributed by atoms with Gasteiger partial charge in [0.15, 0.2) is 5.78 Å². The highest BCUT2D eigenvalue weighted by atomic mass is 16.5. The number of fused-ring (bicyclic) bond motifs is 7. The Morgan fingerprint density at radius 3 is 2.18 bits per heavy atom. The standard InChI is InChI=1S/C51H75N3O7/c1-30(2)41-37(55)27-51(53-45(59)47(6,7)52-40(56)28-54(11)12)25-24-49(9)34(42(41)51)18-19-39-48(8)22-21-38(31(3)33(48)20-23-50(39,49)10)61-44(58)36-26-35(46(36,4)5)43(57)60-29-32-16-14-13-15-17-32/h13-17,30-31,33-36,38-39H,18-29H2,1-12H3,(H,52,56)(H,53,59)/t31-,33?,34-,35+,36-,38+,39?,48+,49-,50-,51-/m1/s1. The molecule has 61 heavy (non-hydrogen) atoms. The molecule has 0 saturated heterocycles. The number of hydrogen-bond acceptors (Lipinski definition) is 8. The molecule has 7 rings (SSSR count). The molecule has 5 fully saturated rings. The third-order valence-electron chi connectivity index (χ3n) is 18.1. The lowest BCUT2D eigenvalue weighted by atomic mass is 9.34. The quantitative estimate of drug-likeness (QED) is 0.213. The number of rotatable bonds is 11. The van der Waals surface area contributed by atoms with E-state index in [1.54, 1.807) is 18.7 Å². The molecule has 6 aliphatic rings. The molecule has 1 aromatic carbocycles. The fraction of sp³-hybridized carbons (Fsp3) is 0.745. The highest BCUT2D eigenvalue weighted by Gasteiger charge is 2.69. The van der Waals surface area contributed by atoms with Crippen molar-refractivity contribution in [3.63, 3.8) is 0 Å². The van der Waals surface area contributed by atoms with Crippen molar-refractivity contribution in [1.82, 2.24) is 15.5 Å². The minimum absolute atomic E-state index is 0.0147. The fourth-order valence-electron chi connectivity index (χ4n) is 14.4. The second-order valence-corrected chi connectivity index (χ2v) is 22.8. The molecule has 2 unspecified atom stereocenters. The van der Waals surface area contributed by atoms with Gasteiger partial charge in [-0.3, -0.25) is 24.0 Å². The molecule has 6 aliphatic carbocycles. The van der Waals surface area contributed by atoms with Crippen LogP contribution in [-0.4, -0.2) is 72.3 Å². The topological polar surface area (TPSA) is 131 Å². The van der Waals surface area contributed by atoms with Crippen LogP contribution in [0.5, 0.6) is 0 Å². The monoisotopic (exact) mass is 842 g/mol. The Morgan fingerprint density at radius 1 is 0.869 bits per heavy atom. The van der Waals surface area contributed by atoms with Crippen LogP contribution in [-0.2, 0) is 40.1 Å². The lowest BCUT2D eigenvalue weighted by Crippen LogP contribution is -2.67. The van der Waals surface area contributed by atoms with Gasteiger partial charge in [0, 0.05) is 6.42 Å². The Hall–Kier alpha value is -3.53. The molecule has 0 bridgehead atoms. The predicted octanol–water partition coefficient (Wildman–Crippen LogP) is 8.22. The number of allylic oxidation sites excluding steroid dienone is 1. The van der Waals surface area contributed by atoms with E-state index < -0.39 is 16.5 Å². The van der Waals surface area contributed by atoms with Crippen LogP contribution in [0.15, 0.2) is 41.5 Å². The molecule has 0 aliphatic heterocycles. The molecule has 0 heterocycles. The molecule has 5 saturated carbocycles. The summed E-state index contributed by atoms with van der Waals surface area (Å²) in [5, 5.41) is 6.40. The van der Waals surface area contributed by atoms with Crippen LogP contribution in [0.25, 0.3) is 0 Å². The van der Waals surface area contributed by atoms with Crippen molar-refractivity contribution in [2.45, 2.75) is 157 Å². The van der Waals surface area contributed by atoms with E-state index in [1.165, 1.54) is 5.57 Å². The van der Waals surface area contributed by atoms with Crippen LogP contribution >= 0.6 is 0 Å². The molecule has 1 aromatic rings. The van der Waals surface area contributed by atoms with Crippen LogP contribution in [0.4, 0.5) is 0 Å². The number of esters is 2. The Balaban J connectivity index is 1.05. The molecule has 0 aromatic heterocycles. The molecular weight excluding hydrogens is 767 g/mol. The van der Waals surface area contributed by atoms with Gasteiger partial charge in [0.25, 0.3) is 0 Å². The number of carbonyl (C=O) groups is 5. The lowest BCUT2D eigenvalue weighted by Gasteiger charge is -2.71. The van der Waals surface area contributed by atoms with E-state index in [0.717, 1.165) is 56.1 Å². The molecule has 0 spiro atoms. The number of nitrogens with one attached hydrogen (secondary N) is 2. The Kier molecular flexibility index (Phi) is 11.9. The van der Waals surface area contributed by atoms with Gasteiger partial charge >= 0.3 is 11.9 Å². The van der Waals surface area contributed by atoms with E-state index in [1.807, 2.05) is 58.3 Å². The zero-order chi connectivity index (χ0) is 44.7. The molecule has 10 nitrogen and oxygen atoms in total. The number of benzene rings is 1. The fourth-order valence-corrected chi connectivity index (χ4v) is 14.4. The van der Waals surface area contributed by atoms with Gasteiger partial charge in [0.05, 0.1) is 23.9 Å². The first-order valence-corrected chi connectivity index (χ1v) is 23.4. The van der Waals surface area contributed by atoms with E-state index in [4.69, 9.17) is 9.47 Å². The highest BCUT2D eigenvalue weighted by molar-refractivity contribution is 6.03. The number of amides is 2. The number of nitrogens with zero attached hydrogens (tertiary/aromatic N) is 1. The Morgan fingerprint density at radius 2 is 1.54 bits per heavy atom. The van der Waals surface area contributed by atoms with Crippen LogP contribution in [0.1, 0.15) is 139 Å². The second-order valence-electron chi connectivity index (χ2n) is 22.8. The first-order valence-electron chi connectivity index (χ1n) is 23.4. The average molecular weight is 842 g/mol.